The number of nitrogens with zero attached hydrogens (tertiary/aromatic N) is 1. The highest BCUT2D eigenvalue weighted by Gasteiger charge is 2.37. The van der Waals surface area contributed by atoms with E-state index in [1.807, 2.05) is 78.6 Å². The number of rotatable bonds is 5. The topological polar surface area (TPSA) is 41.6 Å². The summed E-state index contributed by atoms with van der Waals surface area (Å²) in [4.78, 5) is 15.0. The van der Waals surface area contributed by atoms with Gasteiger partial charge in [0.1, 0.15) is 11.9 Å². The van der Waals surface area contributed by atoms with Crippen LogP contribution >= 0.6 is 0 Å². The standard InChI is InChI=1S/C23H22N2O2/c1-3-27-18-14-12-17(13-15-18)25-22(24-21-11-7-4-8-16(21)2)19-9-5-6-10-20(19)23(25)26/h4-15,22,24H,3H2,1-2H3/t22-/m0/s1. The molecule has 0 aromatic heterocycles. The molecular formula is C23H22N2O2. The lowest BCUT2D eigenvalue weighted by Gasteiger charge is -2.28. The number of carbonyl (C=O) groups excluding carboxylic acids is 1. The van der Waals surface area contributed by atoms with Gasteiger partial charge in [-0.1, -0.05) is 36.4 Å². The van der Waals surface area contributed by atoms with Gasteiger partial charge in [-0.2, -0.15) is 0 Å². The van der Waals surface area contributed by atoms with Crippen LogP contribution in [0.15, 0.2) is 72.8 Å². The molecule has 0 fully saturated rings. The molecule has 1 N–H and O–H groups in total. The third-order valence-electron chi connectivity index (χ3n) is 4.83. The van der Waals surface area contributed by atoms with Crippen molar-refractivity contribution in [2.45, 2.75) is 20.0 Å². The lowest BCUT2D eigenvalue weighted by molar-refractivity contribution is 0.0993. The highest BCUT2D eigenvalue weighted by atomic mass is 16.5. The van der Waals surface area contributed by atoms with Crippen molar-refractivity contribution in [2.24, 2.45) is 0 Å². The van der Waals surface area contributed by atoms with Gasteiger partial charge in [-0.15, -0.1) is 0 Å². The van der Waals surface area contributed by atoms with Gasteiger partial charge in [0.25, 0.3) is 5.91 Å². The lowest BCUT2D eigenvalue weighted by atomic mass is 10.1. The molecule has 1 atom stereocenters. The van der Waals surface area contributed by atoms with E-state index in [2.05, 4.69) is 18.3 Å². The summed E-state index contributed by atoms with van der Waals surface area (Å²) in [7, 11) is 0. The molecule has 0 saturated carbocycles. The van der Waals surface area contributed by atoms with Crippen LogP contribution in [0.25, 0.3) is 0 Å². The predicted octanol–water partition coefficient (Wildman–Crippen LogP) is 5.16. The Labute approximate surface area is 159 Å². The molecule has 1 amide bonds. The van der Waals surface area contributed by atoms with E-state index in [-0.39, 0.29) is 12.1 Å². The summed E-state index contributed by atoms with van der Waals surface area (Å²) in [5.74, 6) is 0.801. The SMILES string of the molecule is CCOc1ccc(N2C(=O)c3ccccc3[C@H]2Nc2ccccc2C)cc1. The summed E-state index contributed by atoms with van der Waals surface area (Å²) < 4.78 is 5.53. The van der Waals surface area contributed by atoms with Crippen molar-refractivity contribution in [1.82, 2.24) is 0 Å². The van der Waals surface area contributed by atoms with Crippen LogP contribution < -0.4 is 15.0 Å². The minimum absolute atomic E-state index is 0.000782. The molecule has 136 valence electrons. The summed E-state index contributed by atoms with van der Waals surface area (Å²) in [6.45, 7) is 4.63. The zero-order valence-electron chi connectivity index (χ0n) is 15.5. The van der Waals surface area contributed by atoms with E-state index in [9.17, 15) is 4.79 Å². The van der Waals surface area contributed by atoms with Crippen LogP contribution in [0.1, 0.15) is 34.6 Å². The molecule has 0 unspecified atom stereocenters. The zero-order valence-corrected chi connectivity index (χ0v) is 15.5. The highest BCUT2D eigenvalue weighted by molar-refractivity contribution is 6.11. The Kier molecular flexibility index (Phi) is 4.55. The number of benzene rings is 3. The Balaban J connectivity index is 1.74. The van der Waals surface area contributed by atoms with E-state index in [1.54, 1.807) is 0 Å². The van der Waals surface area contributed by atoms with Gasteiger partial charge in [0.2, 0.25) is 0 Å². The van der Waals surface area contributed by atoms with E-state index < -0.39 is 0 Å². The van der Waals surface area contributed by atoms with Crippen LogP contribution in [-0.2, 0) is 0 Å². The zero-order chi connectivity index (χ0) is 18.8. The maximum atomic E-state index is 13.1. The molecular weight excluding hydrogens is 336 g/mol. The quantitative estimate of drug-likeness (QED) is 0.684. The maximum absolute atomic E-state index is 13.1. The normalized spacial score (nSPS) is 15.6. The van der Waals surface area contributed by atoms with Crippen LogP contribution in [-0.4, -0.2) is 12.5 Å². The van der Waals surface area contributed by atoms with E-state index >= 15 is 0 Å². The molecule has 4 nitrogen and oxygen atoms in total. The van der Waals surface area contributed by atoms with Crippen LogP contribution in [0.3, 0.4) is 0 Å². The maximum Gasteiger partial charge on any atom is 0.260 e. The number of amides is 1. The first-order valence-corrected chi connectivity index (χ1v) is 9.16. The Morgan fingerprint density at radius 1 is 0.963 bits per heavy atom. The molecule has 0 aliphatic carbocycles. The molecule has 1 heterocycles. The summed E-state index contributed by atoms with van der Waals surface area (Å²) >= 11 is 0. The first-order valence-electron chi connectivity index (χ1n) is 9.16. The van der Waals surface area contributed by atoms with E-state index in [0.29, 0.717) is 6.61 Å². The predicted molar refractivity (Wildman–Crippen MR) is 108 cm³/mol. The fraction of sp³-hybridized carbons (Fsp3) is 0.174. The molecule has 0 spiro atoms. The number of aryl methyl sites for hydroxylation is 1. The number of hydrogen-bond acceptors (Lipinski definition) is 3. The fourth-order valence-corrected chi connectivity index (χ4v) is 3.48. The van der Waals surface area contributed by atoms with Gasteiger partial charge in [-0.3, -0.25) is 9.69 Å². The van der Waals surface area contributed by atoms with Crippen molar-refractivity contribution in [3.05, 3.63) is 89.5 Å². The van der Waals surface area contributed by atoms with E-state index in [1.165, 1.54) is 0 Å². The van der Waals surface area contributed by atoms with Crippen molar-refractivity contribution in [2.75, 3.05) is 16.8 Å². The number of nitrogens with one attached hydrogen (secondary N) is 1. The number of fused-ring (bicyclic) bond motifs is 1. The Morgan fingerprint density at radius 2 is 1.67 bits per heavy atom. The largest absolute Gasteiger partial charge is 0.494 e. The van der Waals surface area contributed by atoms with Crippen molar-refractivity contribution in [3.8, 4) is 5.75 Å². The average molecular weight is 358 g/mol. The molecule has 27 heavy (non-hydrogen) atoms. The minimum Gasteiger partial charge on any atom is -0.494 e. The second-order valence-corrected chi connectivity index (χ2v) is 6.55. The summed E-state index contributed by atoms with van der Waals surface area (Å²) in [5.41, 5.74) is 4.71. The van der Waals surface area contributed by atoms with Crippen molar-refractivity contribution in [3.63, 3.8) is 0 Å². The molecule has 0 radical (unpaired) electrons. The van der Waals surface area contributed by atoms with Gasteiger partial charge in [0.15, 0.2) is 0 Å². The summed E-state index contributed by atoms with van der Waals surface area (Å²) in [6.07, 6.45) is -0.257. The monoisotopic (exact) mass is 358 g/mol. The highest BCUT2D eigenvalue weighted by Crippen LogP contribution is 2.38. The van der Waals surface area contributed by atoms with Crippen molar-refractivity contribution < 1.29 is 9.53 Å². The minimum atomic E-state index is -0.257. The van der Waals surface area contributed by atoms with Gasteiger partial charge >= 0.3 is 0 Å². The fourth-order valence-electron chi connectivity index (χ4n) is 3.48. The molecule has 0 saturated heterocycles. The Morgan fingerprint density at radius 3 is 2.41 bits per heavy atom. The summed E-state index contributed by atoms with van der Waals surface area (Å²) in [5, 5.41) is 3.56. The van der Waals surface area contributed by atoms with Crippen molar-refractivity contribution in [1.29, 1.82) is 0 Å². The molecule has 4 rings (SSSR count). The number of hydrogen-bond donors (Lipinski definition) is 1. The van der Waals surface area contributed by atoms with Crippen LogP contribution in [0, 0.1) is 6.92 Å². The third kappa shape index (κ3) is 3.14. The molecule has 3 aromatic carbocycles. The van der Waals surface area contributed by atoms with E-state index in [4.69, 9.17) is 4.74 Å². The average Bonchev–Trinajstić information content (AvgIpc) is 2.97. The second kappa shape index (κ2) is 7.16. The van der Waals surface area contributed by atoms with Gasteiger partial charge in [0.05, 0.1) is 6.61 Å². The van der Waals surface area contributed by atoms with Gasteiger partial charge in [-0.05, 0) is 55.8 Å². The second-order valence-electron chi connectivity index (χ2n) is 6.55. The number of para-hydroxylation sites is 1. The smallest absolute Gasteiger partial charge is 0.260 e. The Bertz CT molecular complexity index is 966. The third-order valence-corrected chi connectivity index (χ3v) is 4.83. The lowest BCUT2D eigenvalue weighted by Crippen LogP contribution is -2.32. The number of carbonyl (C=O) groups is 1. The molecule has 0 bridgehead atoms. The summed E-state index contributed by atoms with van der Waals surface area (Å²) in [6, 6.07) is 23.6. The molecule has 4 heteroatoms. The number of anilines is 2. The molecule has 1 aliphatic heterocycles. The molecule has 1 aliphatic rings. The van der Waals surface area contributed by atoms with Crippen molar-refractivity contribution >= 4 is 17.3 Å². The first kappa shape index (κ1) is 17.2. The van der Waals surface area contributed by atoms with Gasteiger partial charge in [0, 0.05) is 22.5 Å². The van der Waals surface area contributed by atoms with Crippen LogP contribution in [0.5, 0.6) is 5.75 Å². The molecule has 3 aromatic rings. The van der Waals surface area contributed by atoms with Crippen LogP contribution in [0.4, 0.5) is 11.4 Å². The van der Waals surface area contributed by atoms with Crippen LogP contribution in [0.2, 0.25) is 0 Å². The Hall–Kier alpha value is -3.27. The first-order chi connectivity index (χ1) is 13.2. The van der Waals surface area contributed by atoms with Gasteiger partial charge < -0.3 is 10.1 Å². The number of ether oxygens (including phenoxy) is 1. The van der Waals surface area contributed by atoms with E-state index in [0.717, 1.165) is 33.8 Å². The van der Waals surface area contributed by atoms with Gasteiger partial charge in [-0.25, -0.2) is 0 Å².